The van der Waals surface area contributed by atoms with E-state index in [9.17, 15) is 9.59 Å². The predicted molar refractivity (Wildman–Crippen MR) is 96.4 cm³/mol. The summed E-state index contributed by atoms with van der Waals surface area (Å²) in [4.78, 5) is 29.4. The van der Waals surface area contributed by atoms with E-state index in [0.717, 1.165) is 10.0 Å². The lowest BCUT2D eigenvalue weighted by atomic mass is 10.1. The van der Waals surface area contributed by atoms with Crippen molar-refractivity contribution in [3.8, 4) is 0 Å². The molecule has 0 amide bonds. The van der Waals surface area contributed by atoms with Gasteiger partial charge in [0.15, 0.2) is 5.78 Å². The van der Waals surface area contributed by atoms with E-state index in [4.69, 9.17) is 4.74 Å². The molecule has 0 saturated heterocycles. The molecule has 0 aliphatic carbocycles. The largest absolute Gasteiger partial charge is 0.465 e. The van der Waals surface area contributed by atoms with Crippen LogP contribution in [0.1, 0.15) is 37.7 Å². The summed E-state index contributed by atoms with van der Waals surface area (Å²) in [5.74, 6) is -0.484. The molecule has 0 saturated carbocycles. The summed E-state index contributed by atoms with van der Waals surface area (Å²) in [6, 6.07) is 7.92. The molecule has 1 aromatic heterocycles. The SMILES string of the molecule is COC(=O)c1c(C)[nH]c(C(=O)CN(C)Cc2ccccc2Br)c1C. The van der Waals surface area contributed by atoms with E-state index < -0.39 is 5.97 Å². The Morgan fingerprint density at radius 3 is 2.54 bits per heavy atom. The van der Waals surface area contributed by atoms with E-state index in [1.54, 1.807) is 13.8 Å². The summed E-state index contributed by atoms with van der Waals surface area (Å²) in [7, 11) is 3.23. The van der Waals surface area contributed by atoms with Crippen molar-refractivity contribution in [3.05, 3.63) is 56.8 Å². The van der Waals surface area contributed by atoms with Crippen LogP contribution in [0.25, 0.3) is 0 Å². The number of ketones is 1. The Labute approximate surface area is 150 Å². The van der Waals surface area contributed by atoms with Crippen molar-refractivity contribution in [2.24, 2.45) is 0 Å². The van der Waals surface area contributed by atoms with E-state index in [-0.39, 0.29) is 12.3 Å². The van der Waals surface area contributed by atoms with Gasteiger partial charge in [0.1, 0.15) is 0 Å². The van der Waals surface area contributed by atoms with Crippen molar-refractivity contribution < 1.29 is 14.3 Å². The lowest BCUT2D eigenvalue weighted by Crippen LogP contribution is -2.26. The fraction of sp³-hybridized carbons (Fsp3) is 0.333. The number of aryl methyl sites for hydroxylation is 1. The fourth-order valence-electron chi connectivity index (χ4n) is 2.73. The number of hydrogen-bond donors (Lipinski definition) is 1. The number of hydrogen-bond acceptors (Lipinski definition) is 4. The molecule has 0 radical (unpaired) electrons. The van der Waals surface area contributed by atoms with Crippen LogP contribution in [0.3, 0.4) is 0 Å². The quantitative estimate of drug-likeness (QED) is 0.603. The first-order valence-electron chi connectivity index (χ1n) is 7.57. The van der Waals surface area contributed by atoms with Crippen molar-refractivity contribution in [2.45, 2.75) is 20.4 Å². The Morgan fingerprint density at radius 2 is 1.92 bits per heavy atom. The van der Waals surface area contributed by atoms with Crippen molar-refractivity contribution in [1.82, 2.24) is 9.88 Å². The highest BCUT2D eigenvalue weighted by molar-refractivity contribution is 9.10. The van der Waals surface area contributed by atoms with Crippen LogP contribution >= 0.6 is 15.9 Å². The first-order chi connectivity index (χ1) is 11.3. The number of aromatic amines is 1. The molecular formula is C18H21BrN2O3. The molecule has 1 N–H and O–H groups in total. The molecule has 0 bridgehead atoms. The second kappa shape index (κ2) is 7.77. The lowest BCUT2D eigenvalue weighted by molar-refractivity contribution is 0.0599. The zero-order valence-electron chi connectivity index (χ0n) is 14.3. The molecule has 0 atom stereocenters. The van der Waals surface area contributed by atoms with Gasteiger partial charge in [-0.3, -0.25) is 9.69 Å². The van der Waals surface area contributed by atoms with E-state index >= 15 is 0 Å². The molecular weight excluding hydrogens is 372 g/mol. The fourth-order valence-corrected chi connectivity index (χ4v) is 3.14. The second-order valence-electron chi connectivity index (χ2n) is 5.80. The molecule has 0 unspecified atom stereocenters. The van der Waals surface area contributed by atoms with Gasteiger partial charge in [-0.2, -0.15) is 0 Å². The van der Waals surface area contributed by atoms with Crippen LogP contribution in [0, 0.1) is 13.8 Å². The number of aromatic nitrogens is 1. The number of nitrogens with zero attached hydrogens (tertiary/aromatic N) is 1. The predicted octanol–water partition coefficient (Wildman–Crippen LogP) is 3.50. The number of H-pyrrole nitrogens is 1. The van der Waals surface area contributed by atoms with Gasteiger partial charge in [-0.15, -0.1) is 0 Å². The van der Waals surface area contributed by atoms with Gasteiger partial charge in [-0.05, 0) is 38.1 Å². The van der Waals surface area contributed by atoms with Crippen molar-refractivity contribution in [1.29, 1.82) is 0 Å². The van der Waals surface area contributed by atoms with Gasteiger partial charge in [0.25, 0.3) is 0 Å². The first-order valence-corrected chi connectivity index (χ1v) is 8.37. The Hall–Kier alpha value is -1.92. The molecule has 1 heterocycles. The number of nitrogens with one attached hydrogen (secondary N) is 1. The Balaban J connectivity index is 2.13. The molecule has 0 aliphatic rings. The topological polar surface area (TPSA) is 62.4 Å². The number of rotatable bonds is 6. The van der Waals surface area contributed by atoms with Gasteiger partial charge >= 0.3 is 5.97 Å². The number of likely N-dealkylation sites (N-methyl/N-ethyl adjacent to an activating group) is 1. The standard InChI is InChI=1S/C18H21BrN2O3/c1-11-16(18(23)24-4)12(2)20-17(11)15(22)10-21(3)9-13-7-5-6-8-14(13)19/h5-8,20H,9-10H2,1-4H3. The first kappa shape index (κ1) is 18.4. The average molecular weight is 393 g/mol. The highest BCUT2D eigenvalue weighted by Gasteiger charge is 2.23. The Morgan fingerprint density at radius 1 is 1.25 bits per heavy atom. The minimum Gasteiger partial charge on any atom is -0.465 e. The molecule has 24 heavy (non-hydrogen) atoms. The normalized spacial score (nSPS) is 10.9. The second-order valence-corrected chi connectivity index (χ2v) is 6.66. The number of methoxy groups -OCH3 is 1. The third-order valence-electron chi connectivity index (χ3n) is 3.92. The maximum absolute atomic E-state index is 12.6. The number of halogens is 1. The lowest BCUT2D eigenvalue weighted by Gasteiger charge is -2.16. The molecule has 1 aromatic carbocycles. The third-order valence-corrected chi connectivity index (χ3v) is 4.69. The number of benzene rings is 1. The summed E-state index contributed by atoms with van der Waals surface area (Å²) in [5, 5.41) is 0. The number of esters is 1. The van der Waals surface area contributed by atoms with E-state index in [2.05, 4.69) is 20.9 Å². The van der Waals surface area contributed by atoms with E-state index in [1.807, 2.05) is 36.2 Å². The minimum atomic E-state index is -0.429. The van der Waals surface area contributed by atoms with Crippen LogP contribution < -0.4 is 0 Å². The van der Waals surface area contributed by atoms with Crippen molar-refractivity contribution >= 4 is 27.7 Å². The molecule has 6 heteroatoms. The Kier molecular flexibility index (Phi) is 5.96. The number of Topliss-reactive ketones (excluding diaryl/α,β-unsaturated/α-hetero) is 1. The zero-order valence-corrected chi connectivity index (χ0v) is 15.9. The van der Waals surface area contributed by atoms with Crippen LogP contribution in [0.4, 0.5) is 0 Å². The highest BCUT2D eigenvalue weighted by Crippen LogP contribution is 2.20. The number of carbonyl (C=O) groups excluding carboxylic acids is 2. The highest BCUT2D eigenvalue weighted by atomic mass is 79.9. The molecule has 128 valence electrons. The van der Waals surface area contributed by atoms with E-state index in [0.29, 0.717) is 29.1 Å². The molecule has 0 fully saturated rings. The smallest absolute Gasteiger partial charge is 0.339 e. The summed E-state index contributed by atoms with van der Waals surface area (Å²) in [6.07, 6.45) is 0. The van der Waals surface area contributed by atoms with Gasteiger partial charge in [-0.25, -0.2) is 4.79 Å². The van der Waals surface area contributed by atoms with Crippen LogP contribution in [0.2, 0.25) is 0 Å². The summed E-state index contributed by atoms with van der Waals surface area (Å²) in [6.45, 7) is 4.43. The van der Waals surface area contributed by atoms with Gasteiger partial charge in [0, 0.05) is 16.7 Å². The number of carbonyl (C=O) groups is 2. The molecule has 2 rings (SSSR count). The van der Waals surface area contributed by atoms with E-state index in [1.165, 1.54) is 7.11 Å². The zero-order chi connectivity index (χ0) is 17.9. The molecule has 5 nitrogen and oxygen atoms in total. The Bertz CT molecular complexity index is 768. The van der Waals surface area contributed by atoms with Gasteiger partial charge < -0.3 is 9.72 Å². The monoisotopic (exact) mass is 392 g/mol. The van der Waals surface area contributed by atoms with Crippen LogP contribution in [0.15, 0.2) is 28.7 Å². The minimum absolute atomic E-state index is 0.0553. The van der Waals surface area contributed by atoms with Crippen molar-refractivity contribution in [3.63, 3.8) is 0 Å². The van der Waals surface area contributed by atoms with Gasteiger partial charge in [0.2, 0.25) is 0 Å². The molecule has 2 aromatic rings. The average Bonchev–Trinajstić information content (AvgIpc) is 2.83. The third kappa shape index (κ3) is 3.94. The summed E-state index contributed by atoms with van der Waals surface area (Å²) in [5.41, 5.74) is 3.30. The van der Waals surface area contributed by atoms with Crippen LogP contribution in [-0.4, -0.2) is 42.3 Å². The van der Waals surface area contributed by atoms with Crippen LogP contribution in [-0.2, 0) is 11.3 Å². The number of ether oxygens (including phenoxy) is 1. The van der Waals surface area contributed by atoms with Gasteiger partial charge in [-0.1, -0.05) is 34.1 Å². The maximum atomic E-state index is 12.6. The molecule has 0 aliphatic heterocycles. The maximum Gasteiger partial charge on any atom is 0.339 e. The molecule has 0 spiro atoms. The van der Waals surface area contributed by atoms with Crippen LogP contribution in [0.5, 0.6) is 0 Å². The summed E-state index contributed by atoms with van der Waals surface area (Å²) < 4.78 is 5.80. The van der Waals surface area contributed by atoms with Crippen molar-refractivity contribution in [2.75, 3.05) is 20.7 Å². The summed E-state index contributed by atoms with van der Waals surface area (Å²) >= 11 is 3.52. The van der Waals surface area contributed by atoms with Gasteiger partial charge in [0.05, 0.1) is 24.9 Å².